The second kappa shape index (κ2) is 10.7. The normalized spacial score (nSPS) is 15.3. The van der Waals surface area contributed by atoms with Gasteiger partial charge in [0.1, 0.15) is 5.82 Å². The molecule has 3 aromatic rings. The Morgan fingerprint density at radius 2 is 1.83 bits per heavy atom. The average molecular weight is 514 g/mol. The molecule has 2 heterocycles. The van der Waals surface area contributed by atoms with Crippen LogP contribution in [0.25, 0.3) is 11.0 Å². The molecule has 1 fully saturated rings. The lowest BCUT2D eigenvalue weighted by Crippen LogP contribution is -2.25. The number of nitrogens with two attached hydrogens (primary N) is 1. The highest BCUT2D eigenvalue weighted by atomic mass is 32.2. The maximum absolute atomic E-state index is 12.8. The van der Waals surface area contributed by atoms with E-state index in [-0.39, 0.29) is 29.3 Å². The number of carbonyl (C=O) groups excluding carboxylic acids is 1. The van der Waals surface area contributed by atoms with Gasteiger partial charge in [-0.25, -0.2) is 18.1 Å². The molecule has 1 aromatic heterocycles. The number of fused-ring (bicyclic) bond motifs is 1. The first kappa shape index (κ1) is 26.3. The van der Waals surface area contributed by atoms with Crippen molar-refractivity contribution in [3.8, 4) is 0 Å². The molecule has 1 aliphatic heterocycles. The van der Waals surface area contributed by atoms with Crippen molar-refractivity contribution in [2.75, 3.05) is 25.1 Å². The number of hydrogen-bond donors (Lipinski definition) is 3. The van der Waals surface area contributed by atoms with E-state index in [9.17, 15) is 13.2 Å². The molecule has 2 aromatic carbocycles. The van der Waals surface area contributed by atoms with Crippen LogP contribution in [0, 0.1) is 5.92 Å². The van der Waals surface area contributed by atoms with Gasteiger partial charge in [-0.05, 0) is 60.7 Å². The molecule has 0 atom stereocenters. The van der Waals surface area contributed by atoms with Gasteiger partial charge in [-0.3, -0.25) is 4.79 Å². The predicted octanol–water partition coefficient (Wildman–Crippen LogP) is 3.14. The standard InChI is InChI=1S/C26H35N5O4S/c1-26(2,3)25-30-22-14-19(4-9-23(22)31(25)17-18-10-12-35-13-11-18)16-28-36(33,34)21-7-5-20(6-8-21)29-24(32)15-27/h4-9,14,18,28H,10-13,15-17,27H2,1-3H3,(H,29,32). The molecule has 1 amide bonds. The number of aromatic nitrogens is 2. The maximum Gasteiger partial charge on any atom is 0.240 e. The van der Waals surface area contributed by atoms with Crippen LogP contribution in [0.1, 0.15) is 45.0 Å². The summed E-state index contributed by atoms with van der Waals surface area (Å²) in [4.78, 5) is 16.5. The molecule has 1 saturated heterocycles. The molecule has 1 aliphatic rings. The molecule has 0 saturated carbocycles. The average Bonchev–Trinajstić information content (AvgIpc) is 3.22. The molecule has 0 spiro atoms. The molecule has 4 N–H and O–H groups in total. The summed E-state index contributed by atoms with van der Waals surface area (Å²) in [5.74, 6) is 1.24. The number of sulfonamides is 1. The molecule has 10 heteroatoms. The van der Waals surface area contributed by atoms with Crippen LogP contribution in [0.2, 0.25) is 0 Å². The van der Waals surface area contributed by atoms with E-state index < -0.39 is 10.0 Å². The van der Waals surface area contributed by atoms with E-state index in [0.717, 1.165) is 55.0 Å². The Labute approximate surface area is 212 Å². The van der Waals surface area contributed by atoms with Crippen LogP contribution in [0.4, 0.5) is 5.69 Å². The van der Waals surface area contributed by atoms with Crippen molar-refractivity contribution in [1.82, 2.24) is 14.3 Å². The third kappa shape index (κ3) is 6.12. The third-order valence-corrected chi connectivity index (χ3v) is 7.78. The van der Waals surface area contributed by atoms with Crippen molar-refractivity contribution in [2.45, 2.75) is 57.0 Å². The zero-order valence-electron chi connectivity index (χ0n) is 21.1. The fraction of sp³-hybridized carbons (Fsp3) is 0.462. The quantitative estimate of drug-likeness (QED) is 0.425. The van der Waals surface area contributed by atoms with Crippen LogP contribution in [0.15, 0.2) is 47.4 Å². The van der Waals surface area contributed by atoms with Crippen molar-refractivity contribution in [3.63, 3.8) is 0 Å². The van der Waals surface area contributed by atoms with Gasteiger partial charge < -0.3 is 20.4 Å². The molecule has 0 unspecified atom stereocenters. The van der Waals surface area contributed by atoms with Gasteiger partial charge in [-0.15, -0.1) is 0 Å². The van der Waals surface area contributed by atoms with Gasteiger partial charge in [0.25, 0.3) is 0 Å². The minimum Gasteiger partial charge on any atom is -0.381 e. The van der Waals surface area contributed by atoms with Crippen molar-refractivity contribution in [2.24, 2.45) is 11.7 Å². The van der Waals surface area contributed by atoms with E-state index in [1.54, 1.807) is 0 Å². The maximum atomic E-state index is 12.8. The van der Waals surface area contributed by atoms with Gasteiger partial charge in [0.2, 0.25) is 15.9 Å². The third-order valence-electron chi connectivity index (χ3n) is 6.37. The van der Waals surface area contributed by atoms with Crippen LogP contribution in [0.5, 0.6) is 0 Å². The summed E-state index contributed by atoms with van der Waals surface area (Å²) in [7, 11) is -3.73. The summed E-state index contributed by atoms with van der Waals surface area (Å²) in [6, 6.07) is 11.9. The number of benzene rings is 2. The van der Waals surface area contributed by atoms with E-state index in [1.165, 1.54) is 24.3 Å². The number of nitrogens with one attached hydrogen (secondary N) is 2. The first-order valence-corrected chi connectivity index (χ1v) is 13.7. The summed E-state index contributed by atoms with van der Waals surface area (Å²) in [6.07, 6.45) is 2.09. The Morgan fingerprint density at radius 1 is 1.14 bits per heavy atom. The number of rotatable bonds is 8. The first-order chi connectivity index (χ1) is 17.1. The number of amides is 1. The molecule has 4 rings (SSSR count). The minimum atomic E-state index is -3.73. The molecule has 9 nitrogen and oxygen atoms in total. The van der Waals surface area contributed by atoms with Gasteiger partial charge >= 0.3 is 0 Å². The summed E-state index contributed by atoms with van der Waals surface area (Å²) in [5.41, 5.74) is 8.41. The Kier molecular flexibility index (Phi) is 7.79. The van der Waals surface area contributed by atoms with Gasteiger partial charge in [-0.2, -0.15) is 0 Å². The van der Waals surface area contributed by atoms with Gasteiger partial charge in [-0.1, -0.05) is 26.8 Å². The summed E-state index contributed by atoms with van der Waals surface area (Å²) in [6.45, 7) is 9.00. The van der Waals surface area contributed by atoms with E-state index in [2.05, 4.69) is 35.4 Å². The number of ether oxygens (including phenoxy) is 1. The van der Waals surface area contributed by atoms with Crippen LogP contribution in [-0.2, 0) is 38.1 Å². The fourth-order valence-corrected chi connectivity index (χ4v) is 5.44. The number of imidazole rings is 1. The van der Waals surface area contributed by atoms with Gasteiger partial charge in [0, 0.05) is 37.4 Å². The van der Waals surface area contributed by atoms with Crippen molar-refractivity contribution in [1.29, 1.82) is 0 Å². The Morgan fingerprint density at radius 3 is 2.47 bits per heavy atom. The fourth-order valence-electron chi connectivity index (χ4n) is 4.42. The highest BCUT2D eigenvalue weighted by molar-refractivity contribution is 7.89. The van der Waals surface area contributed by atoms with Crippen molar-refractivity contribution >= 4 is 32.7 Å². The smallest absolute Gasteiger partial charge is 0.240 e. The number of anilines is 1. The van der Waals surface area contributed by atoms with Crippen LogP contribution < -0.4 is 15.8 Å². The SMILES string of the molecule is CC(C)(C)c1nc2cc(CNS(=O)(=O)c3ccc(NC(=O)CN)cc3)ccc2n1CC1CCOCC1. The lowest BCUT2D eigenvalue weighted by Gasteiger charge is -2.26. The van der Waals surface area contributed by atoms with E-state index in [4.69, 9.17) is 15.5 Å². The van der Waals surface area contributed by atoms with E-state index in [1.807, 2.05) is 18.2 Å². The molecule has 194 valence electrons. The summed E-state index contributed by atoms with van der Waals surface area (Å²) < 4.78 is 36.2. The molecule has 36 heavy (non-hydrogen) atoms. The van der Waals surface area contributed by atoms with E-state index in [0.29, 0.717) is 11.6 Å². The summed E-state index contributed by atoms with van der Waals surface area (Å²) >= 11 is 0. The lowest BCUT2D eigenvalue weighted by atomic mass is 9.94. The highest BCUT2D eigenvalue weighted by Gasteiger charge is 2.25. The second-order valence-electron chi connectivity index (χ2n) is 10.3. The Balaban J connectivity index is 1.51. The van der Waals surface area contributed by atoms with Crippen LogP contribution >= 0.6 is 0 Å². The highest BCUT2D eigenvalue weighted by Crippen LogP contribution is 2.30. The topological polar surface area (TPSA) is 128 Å². The molecular weight excluding hydrogens is 478 g/mol. The monoisotopic (exact) mass is 513 g/mol. The Bertz CT molecular complexity index is 1320. The number of nitrogens with zero attached hydrogens (tertiary/aromatic N) is 2. The van der Waals surface area contributed by atoms with Gasteiger partial charge in [0.05, 0.1) is 22.5 Å². The second-order valence-corrected chi connectivity index (χ2v) is 12.0. The number of carbonyl (C=O) groups is 1. The first-order valence-electron chi connectivity index (χ1n) is 12.2. The van der Waals surface area contributed by atoms with Crippen LogP contribution in [0.3, 0.4) is 0 Å². The Hall–Kier alpha value is -2.79. The molecule has 0 aliphatic carbocycles. The minimum absolute atomic E-state index is 0.116. The lowest BCUT2D eigenvalue weighted by molar-refractivity contribution is -0.114. The van der Waals surface area contributed by atoms with Gasteiger partial charge in [0.15, 0.2) is 0 Å². The molecular formula is C26H35N5O4S. The molecule has 0 bridgehead atoms. The number of hydrogen-bond acceptors (Lipinski definition) is 6. The zero-order chi connectivity index (χ0) is 25.9. The van der Waals surface area contributed by atoms with Crippen molar-refractivity contribution < 1.29 is 17.9 Å². The van der Waals surface area contributed by atoms with E-state index >= 15 is 0 Å². The van der Waals surface area contributed by atoms with Crippen molar-refractivity contribution in [3.05, 3.63) is 53.9 Å². The van der Waals surface area contributed by atoms with Crippen LogP contribution in [-0.4, -0.2) is 43.6 Å². The predicted molar refractivity (Wildman–Crippen MR) is 140 cm³/mol. The summed E-state index contributed by atoms with van der Waals surface area (Å²) in [5, 5.41) is 2.59. The largest absolute Gasteiger partial charge is 0.381 e. The molecule has 0 radical (unpaired) electrons. The zero-order valence-corrected chi connectivity index (χ0v) is 21.9.